The number of amides is 4. The summed E-state index contributed by atoms with van der Waals surface area (Å²) in [6.07, 6.45) is 5.88. The second-order valence-corrected chi connectivity index (χ2v) is 7.98. The topological polar surface area (TPSA) is 105 Å². The van der Waals surface area contributed by atoms with Crippen LogP contribution in [-0.2, 0) is 16.0 Å². The zero-order chi connectivity index (χ0) is 19.2. The van der Waals surface area contributed by atoms with Gasteiger partial charge in [0.1, 0.15) is 11.6 Å². The SMILES string of the molecule is CC(C(=O)NC1CCCc2cc(N)ccc21)N1C(=O)NC2(CCCC2)C1=O. The molecule has 27 heavy (non-hydrogen) atoms. The molecule has 1 saturated heterocycles. The van der Waals surface area contributed by atoms with Crippen LogP contribution < -0.4 is 16.4 Å². The quantitative estimate of drug-likeness (QED) is 0.559. The summed E-state index contributed by atoms with van der Waals surface area (Å²) in [6.45, 7) is 1.62. The van der Waals surface area contributed by atoms with Crippen LogP contribution in [-0.4, -0.2) is 34.3 Å². The Bertz CT molecular complexity index is 800. The van der Waals surface area contributed by atoms with E-state index in [0.29, 0.717) is 12.8 Å². The van der Waals surface area contributed by atoms with Gasteiger partial charge in [-0.2, -0.15) is 0 Å². The van der Waals surface area contributed by atoms with Crippen molar-refractivity contribution in [1.82, 2.24) is 15.5 Å². The summed E-state index contributed by atoms with van der Waals surface area (Å²) in [6, 6.07) is 4.34. The summed E-state index contributed by atoms with van der Waals surface area (Å²) in [5, 5.41) is 5.87. The van der Waals surface area contributed by atoms with Crippen LogP contribution in [0, 0.1) is 0 Å². The predicted octanol–water partition coefficient (Wildman–Crippen LogP) is 2.02. The van der Waals surface area contributed by atoms with E-state index < -0.39 is 17.6 Å². The Kier molecular flexibility index (Phi) is 4.32. The Balaban J connectivity index is 1.49. The minimum absolute atomic E-state index is 0.120. The highest BCUT2D eigenvalue weighted by atomic mass is 16.2. The number of hydrogen-bond acceptors (Lipinski definition) is 4. The van der Waals surface area contributed by atoms with Crippen LogP contribution in [0.15, 0.2) is 18.2 Å². The molecular formula is C20H26N4O3. The molecule has 4 rings (SSSR count). The van der Waals surface area contributed by atoms with Crippen LogP contribution >= 0.6 is 0 Å². The average Bonchev–Trinajstić information content (AvgIpc) is 3.19. The standard InChI is InChI=1S/C20H26N4O3/c1-12(24-18(26)20(23-19(24)27)9-2-3-10-20)17(25)22-16-6-4-5-13-11-14(21)7-8-15(13)16/h7-8,11-12,16H,2-6,9-10,21H2,1H3,(H,22,25)(H,23,27). The van der Waals surface area contributed by atoms with Crippen molar-refractivity contribution >= 4 is 23.5 Å². The van der Waals surface area contributed by atoms with E-state index in [2.05, 4.69) is 10.6 Å². The summed E-state index contributed by atoms with van der Waals surface area (Å²) >= 11 is 0. The van der Waals surface area contributed by atoms with Crippen molar-refractivity contribution in [3.05, 3.63) is 29.3 Å². The highest BCUT2D eigenvalue weighted by Gasteiger charge is 2.54. The number of imide groups is 1. The molecule has 3 aliphatic rings. The fourth-order valence-corrected chi connectivity index (χ4v) is 4.70. The fourth-order valence-electron chi connectivity index (χ4n) is 4.70. The number of fused-ring (bicyclic) bond motifs is 1. The molecule has 2 aliphatic carbocycles. The molecule has 144 valence electrons. The van der Waals surface area contributed by atoms with E-state index >= 15 is 0 Å². The second-order valence-electron chi connectivity index (χ2n) is 7.98. The van der Waals surface area contributed by atoms with Crippen LogP contribution in [0.4, 0.5) is 10.5 Å². The molecule has 2 fully saturated rings. The van der Waals surface area contributed by atoms with Crippen molar-refractivity contribution in [2.45, 2.75) is 69.5 Å². The lowest BCUT2D eigenvalue weighted by molar-refractivity contribution is -0.138. The van der Waals surface area contributed by atoms with E-state index in [9.17, 15) is 14.4 Å². The van der Waals surface area contributed by atoms with Crippen molar-refractivity contribution < 1.29 is 14.4 Å². The summed E-state index contributed by atoms with van der Waals surface area (Å²) in [7, 11) is 0. The van der Waals surface area contributed by atoms with Gasteiger partial charge in [-0.05, 0) is 62.3 Å². The minimum atomic E-state index is -0.836. The van der Waals surface area contributed by atoms with Gasteiger partial charge in [0.25, 0.3) is 5.91 Å². The number of carbonyl (C=O) groups excluding carboxylic acids is 3. The number of nitrogens with one attached hydrogen (secondary N) is 2. The van der Waals surface area contributed by atoms with Gasteiger partial charge in [0, 0.05) is 5.69 Å². The molecule has 1 spiro atoms. The smallest absolute Gasteiger partial charge is 0.325 e. The number of nitrogens with two attached hydrogens (primary N) is 1. The minimum Gasteiger partial charge on any atom is -0.399 e. The number of hydrogen-bond donors (Lipinski definition) is 3. The first kappa shape index (κ1) is 17.8. The molecule has 7 nitrogen and oxygen atoms in total. The lowest BCUT2D eigenvalue weighted by atomic mass is 9.87. The van der Waals surface area contributed by atoms with Crippen LogP contribution in [0.25, 0.3) is 0 Å². The van der Waals surface area contributed by atoms with Gasteiger partial charge in [0.05, 0.1) is 6.04 Å². The van der Waals surface area contributed by atoms with Gasteiger partial charge < -0.3 is 16.4 Å². The number of nitrogen functional groups attached to an aromatic ring is 1. The highest BCUT2D eigenvalue weighted by molar-refractivity contribution is 6.10. The second kappa shape index (κ2) is 6.55. The molecule has 0 bridgehead atoms. The molecule has 1 aromatic rings. The zero-order valence-electron chi connectivity index (χ0n) is 15.6. The van der Waals surface area contributed by atoms with E-state index in [1.807, 2.05) is 18.2 Å². The Labute approximate surface area is 158 Å². The van der Waals surface area contributed by atoms with E-state index in [-0.39, 0.29) is 17.9 Å². The Morgan fingerprint density at radius 1 is 1.30 bits per heavy atom. The summed E-state index contributed by atoms with van der Waals surface area (Å²) in [5.41, 5.74) is 8.02. The molecule has 1 heterocycles. The normalized spacial score (nSPS) is 24.6. The van der Waals surface area contributed by atoms with Crippen LogP contribution in [0.5, 0.6) is 0 Å². The van der Waals surface area contributed by atoms with Crippen molar-refractivity contribution in [2.24, 2.45) is 0 Å². The Morgan fingerprint density at radius 2 is 2.04 bits per heavy atom. The van der Waals surface area contributed by atoms with Gasteiger partial charge in [-0.15, -0.1) is 0 Å². The molecular weight excluding hydrogens is 344 g/mol. The first-order valence-corrected chi connectivity index (χ1v) is 9.76. The van der Waals surface area contributed by atoms with Crippen molar-refractivity contribution in [3.8, 4) is 0 Å². The molecule has 2 unspecified atom stereocenters. The summed E-state index contributed by atoms with van der Waals surface area (Å²) in [4.78, 5) is 39.2. The molecule has 4 amide bonds. The van der Waals surface area contributed by atoms with Crippen molar-refractivity contribution in [3.63, 3.8) is 0 Å². The number of carbonyl (C=O) groups is 3. The fraction of sp³-hybridized carbons (Fsp3) is 0.550. The summed E-state index contributed by atoms with van der Waals surface area (Å²) < 4.78 is 0. The monoisotopic (exact) mass is 370 g/mol. The Morgan fingerprint density at radius 3 is 2.78 bits per heavy atom. The van der Waals surface area contributed by atoms with Gasteiger partial charge in [0.2, 0.25) is 5.91 Å². The van der Waals surface area contributed by atoms with E-state index in [1.165, 1.54) is 0 Å². The highest BCUT2D eigenvalue weighted by Crippen LogP contribution is 2.36. The third kappa shape index (κ3) is 2.95. The lowest BCUT2D eigenvalue weighted by Gasteiger charge is -2.29. The van der Waals surface area contributed by atoms with Crippen molar-refractivity contribution in [2.75, 3.05) is 5.73 Å². The Hall–Kier alpha value is -2.57. The molecule has 0 radical (unpaired) electrons. The van der Waals surface area contributed by atoms with Crippen molar-refractivity contribution in [1.29, 1.82) is 0 Å². The zero-order valence-corrected chi connectivity index (χ0v) is 15.6. The molecule has 0 aromatic heterocycles. The molecule has 1 saturated carbocycles. The number of anilines is 1. The first-order valence-electron chi connectivity index (χ1n) is 9.76. The molecule has 2 atom stereocenters. The van der Waals surface area contributed by atoms with Gasteiger partial charge in [-0.3, -0.25) is 9.59 Å². The first-order chi connectivity index (χ1) is 12.9. The third-order valence-corrected chi connectivity index (χ3v) is 6.21. The van der Waals surface area contributed by atoms with Gasteiger partial charge in [0.15, 0.2) is 0 Å². The maximum absolute atomic E-state index is 12.9. The van der Waals surface area contributed by atoms with E-state index in [4.69, 9.17) is 5.73 Å². The van der Waals surface area contributed by atoms with Crippen LogP contribution in [0.3, 0.4) is 0 Å². The number of aryl methyl sites for hydroxylation is 1. The molecule has 4 N–H and O–H groups in total. The predicted molar refractivity (Wildman–Crippen MR) is 101 cm³/mol. The van der Waals surface area contributed by atoms with E-state index in [0.717, 1.165) is 53.8 Å². The summed E-state index contributed by atoms with van der Waals surface area (Å²) in [5.74, 6) is -0.562. The van der Waals surface area contributed by atoms with Crippen LogP contribution in [0.1, 0.15) is 62.6 Å². The maximum Gasteiger partial charge on any atom is 0.325 e. The van der Waals surface area contributed by atoms with Gasteiger partial charge in [-0.1, -0.05) is 18.9 Å². The number of rotatable bonds is 3. The maximum atomic E-state index is 12.9. The average molecular weight is 370 g/mol. The van der Waals surface area contributed by atoms with Gasteiger partial charge >= 0.3 is 6.03 Å². The van der Waals surface area contributed by atoms with E-state index in [1.54, 1.807) is 6.92 Å². The third-order valence-electron chi connectivity index (χ3n) is 6.21. The molecule has 1 aromatic carbocycles. The van der Waals surface area contributed by atoms with Gasteiger partial charge in [-0.25, -0.2) is 9.69 Å². The number of urea groups is 1. The lowest BCUT2D eigenvalue weighted by Crippen LogP contribution is -2.50. The number of nitrogens with zero attached hydrogens (tertiary/aromatic N) is 1. The van der Waals surface area contributed by atoms with Crippen LogP contribution in [0.2, 0.25) is 0 Å². The molecule has 7 heteroatoms. The number of benzene rings is 1. The molecule has 1 aliphatic heterocycles. The largest absolute Gasteiger partial charge is 0.399 e.